The largest absolute Gasteiger partial charge is 0.503 e. The third-order valence-corrected chi connectivity index (χ3v) is 6.54. The number of amides is 1. The Balaban J connectivity index is 1.50. The lowest BCUT2D eigenvalue weighted by Gasteiger charge is -2.27. The van der Waals surface area contributed by atoms with Crippen molar-refractivity contribution in [2.75, 3.05) is 6.61 Å². The van der Waals surface area contributed by atoms with Crippen molar-refractivity contribution >= 4 is 28.6 Å². The van der Waals surface area contributed by atoms with E-state index in [0.29, 0.717) is 23.3 Å². The van der Waals surface area contributed by atoms with E-state index in [2.05, 4.69) is 0 Å². The van der Waals surface area contributed by atoms with Crippen LogP contribution in [-0.4, -0.2) is 34.3 Å². The molecule has 3 aromatic carbocycles. The Morgan fingerprint density at radius 2 is 1.76 bits per heavy atom. The van der Waals surface area contributed by atoms with Crippen LogP contribution in [-0.2, 0) is 16.1 Å². The first-order chi connectivity index (χ1) is 18.4. The number of furan rings is 1. The smallest absolute Gasteiger partial charge is 0.338 e. The Bertz CT molecular complexity index is 1530. The van der Waals surface area contributed by atoms with Gasteiger partial charge in [-0.1, -0.05) is 67.1 Å². The number of rotatable bonds is 8. The molecule has 1 N–H and O–H groups in total. The molecule has 0 saturated carbocycles. The van der Waals surface area contributed by atoms with Gasteiger partial charge in [-0.05, 0) is 48.7 Å². The Morgan fingerprint density at radius 3 is 2.47 bits per heavy atom. The van der Waals surface area contributed by atoms with Gasteiger partial charge in [-0.2, -0.15) is 0 Å². The predicted molar refractivity (Wildman–Crippen MR) is 142 cm³/mol. The highest BCUT2D eigenvalue weighted by Gasteiger charge is 2.44. The van der Waals surface area contributed by atoms with E-state index >= 15 is 0 Å². The van der Waals surface area contributed by atoms with E-state index in [1.165, 1.54) is 4.90 Å². The van der Waals surface area contributed by atoms with Gasteiger partial charge in [0.1, 0.15) is 5.58 Å². The van der Waals surface area contributed by atoms with Gasteiger partial charge in [0.2, 0.25) is 5.78 Å². The fraction of sp³-hybridized carbons (Fsp3) is 0.194. The summed E-state index contributed by atoms with van der Waals surface area (Å²) >= 11 is 0. The number of carbonyl (C=O) groups is 3. The minimum Gasteiger partial charge on any atom is -0.503 e. The summed E-state index contributed by atoms with van der Waals surface area (Å²) in [6.07, 6.45) is 0.729. The minimum atomic E-state index is -0.822. The zero-order chi connectivity index (χ0) is 26.8. The van der Waals surface area contributed by atoms with Crippen LogP contribution < -0.4 is 0 Å². The molecule has 5 rings (SSSR count). The second-order valence-electron chi connectivity index (χ2n) is 9.32. The lowest BCUT2D eigenvalue weighted by molar-refractivity contribution is -0.130. The number of hydrogen-bond donors (Lipinski definition) is 1. The summed E-state index contributed by atoms with van der Waals surface area (Å²) < 4.78 is 11.0. The molecule has 38 heavy (non-hydrogen) atoms. The summed E-state index contributed by atoms with van der Waals surface area (Å²) in [4.78, 5) is 40.7. The van der Waals surface area contributed by atoms with E-state index in [-0.39, 0.29) is 17.9 Å². The van der Waals surface area contributed by atoms with Gasteiger partial charge >= 0.3 is 5.97 Å². The van der Waals surface area contributed by atoms with E-state index in [1.807, 2.05) is 56.3 Å². The number of esters is 1. The van der Waals surface area contributed by atoms with Gasteiger partial charge in [-0.15, -0.1) is 0 Å². The molecule has 0 spiro atoms. The molecule has 7 heteroatoms. The maximum atomic E-state index is 13.7. The van der Waals surface area contributed by atoms with Crippen molar-refractivity contribution in [1.82, 2.24) is 4.90 Å². The molecular formula is C31H27NO6. The van der Waals surface area contributed by atoms with Gasteiger partial charge in [0.15, 0.2) is 11.5 Å². The van der Waals surface area contributed by atoms with E-state index in [9.17, 15) is 19.5 Å². The molecular weight excluding hydrogens is 482 g/mol. The van der Waals surface area contributed by atoms with Crippen LogP contribution in [0.5, 0.6) is 0 Å². The van der Waals surface area contributed by atoms with Crippen LogP contribution in [0.3, 0.4) is 0 Å². The van der Waals surface area contributed by atoms with Gasteiger partial charge in [0.05, 0.1) is 23.8 Å². The topological polar surface area (TPSA) is 97.0 Å². The molecule has 1 aliphatic rings. The van der Waals surface area contributed by atoms with Gasteiger partial charge < -0.3 is 19.2 Å². The second kappa shape index (κ2) is 10.4. The highest BCUT2D eigenvalue weighted by molar-refractivity contribution is 6.16. The van der Waals surface area contributed by atoms with Crippen LogP contribution >= 0.6 is 0 Å². The lowest BCUT2D eigenvalue weighted by Crippen LogP contribution is -2.30. The van der Waals surface area contributed by atoms with Gasteiger partial charge in [-0.25, -0.2) is 4.79 Å². The van der Waals surface area contributed by atoms with Crippen LogP contribution in [0.4, 0.5) is 0 Å². The number of nitrogens with zero attached hydrogens (tertiary/aromatic N) is 1. The molecule has 0 fully saturated rings. The third kappa shape index (κ3) is 4.70. The van der Waals surface area contributed by atoms with Crippen molar-refractivity contribution in [2.24, 2.45) is 0 Å². The van der Waals surface area contributed by atoms with E-state index in [1.54, 1.807) is 36.4 Å². The average molecular weight is 510 g/mol. The number of hydrogen-bond acceptors (Lipinski definition) is 6. The van der Waals surface area contributed by atoms with E-state index in [0.717, 1.165) is 22.9 Å². The number of Topliss-reactive ketones (excluding diaryl/α,β-unsaturated/α-hetero) is 1. The second-order valence-corrected chi connectivity index (χ2v) is 9.32. The number of aliphatic hydroxyl groups is 1. The molecule has 4 aromatic rings. The molecule has 1 aromatic heterocycles. The quantitative estimate of drug-likeness (QED) is 0.228. The lowest BCUT2D eigenvalue weighted by atomic mass is 9.94. The summed E-state index contributed by atoms with van der Waals surface area (Å²) in [6.45, 7) is 4.30. The highest BCUT2D eigenvalue weighted by atomic mass is 16.5. The molecule has 192 valence electrons. The SMILES string of the molecule is CCCOC(=O)c1ccc(CN2C(=O)C(O)=C(C(=O)c3cc4ccccc4o3)C2c2cccc(C)c2)cc1. The molecule has 0 saturated heterocycles. The summed E-state index contributed by atoms with van der Waals surface area (Å²) in [5.41, 5.74) is 3.30. The predicted octanol–water partition coefficient (Wildman–Crippen LogP) is 6.09. The van der Waals surface area contributed by atoms with Crippen molar-refractivity contribution in [2.45, 2.75) is 32.9 Å². The van der Waals surface area contributed by atoms with Crippen molar-refractivity contribution in [3.05, 3.63) is 118 Å². The van der Waals surface area contributed by atoms with Crippen molar-refractivity contribution < 1.29 is 28.6 Å². The monoisotopic (exact) mass is 509 g/mol. The number of para-hydroxylation sites is 1. The third-order valence-electron chi connectivity index (χ3n) is 6.54. The Labute approximate surface area is 219 Å². The molecule has 1 aliphatic heterocycles. The number of carbonyl (C=O) groups excluding carboxylic acids is 3. The van der Waals surface area contributed by atoms with Crippen molar-refractivity contribution in [1.29, 1.82) is 0 Å². The van der Waals surface area contributed by atoms with E-state index in [4.69, 9.17) is 9.15 Å². The van der Waals surface area contributed by atoms with Crippen LogP contribution in [0.25, 0.3) is 11.0 Å². The fourth-order valence-corrected chi connectivity index (χ4v) is 4.68. The number of ketones is 1. The highest BCUT2D eigenvalue weighted by Crippen LogP contribution is 2.40. The zero-order valence-electron chi connectivity index (χ0n) is 21.1. The molecule has 0 aliphatic carbocycles. The number of fused-ring (bicyclic) bond motifs is 1. The Morgan fingerprint density at radius 1 is 1.00 bits per heavy atom. The number of ether oxygens (including phenoxy) is 1. The minimum absolute atomic E-state index is 0.0283. The maximum Gasteiger partial charge on any atom is 0.338 e. The molecule has 7 nitrogen and oxygen atoms in total. The molecule has 2 heterocycles. The van der Waals surface area contributed by atoms with Gasteiger partial charge in [0, 0.05) is 11.9 Å². The number of aryl methyl sites for hydroxylation is 1. The van der Waals surface area contributed by atoms with Gasteiger partial charge in [-0.3, -0.25) is 9.59 Å². The number of aliphatic hydroxyl groups excluding tert-OH is 1. The number of benzene rings is 3. The molecule has 1 atom stereocenters. The van der Waals surface area contributed by atoms with Gasteiger partial charge in [0.25, 0.3) is 5.91 Å². The summed E-state index contributed by atoms with van der Waals surface area (Å²) in [7, 11) is 0. The summed E-state index contributed by atoms with van der Waals surface area (Å²) in [5.74, 6) is -2.15. The zero-order valence-corrected chi connectivity index (χ0v) is 21.1. The van der Waals surface area contributed by atoms with Crippen molar-refractivity contribution in [3.63, 3.8) is 0 Å². The summed E-state index contributed by atoms with van der Waals surface area (Å²) in [5, 5.41) is 11.7. The molecule has 0 bridgehead atoms. The van der Waals surface area contributed by atoms with Crippen LogP contribution in [0.2, 0.25) is 0 Å². The van der Waals surface area contributed by atoms with Crippen molar-refractivity contribution in [3.8, 4) is 0 Å². The first-order valence-electron chi connectivity index (χ1n) is 12.5. The maximum absolute atomic E-state index is 13.7. The molecule has 0 radical (unpaired) electrons. The first-order valence-corrected chi connectivity index (χ1v) is 12.5. The summed E-state index contributed by atoms with van der Waals surface area (Å²) in [6, 6.07) is 22.3. The Hall–Kier alpha value is -4.65. The van der Waals surface area contributed by atoms with Crippen LogP contribution in [0.1, 0.15) is 57.0 Å². The van der Waals surface area contributed by atoms with Crippen LogP contribution in [0.15, 0.2) is 94.6 Å². The fourth-order valence-electron chi connectivity index (χ4n) is 4.68. The molecule has 1 unspecified atom stereocenters. The van der Waals surface area contributed by atoms with Crippen LogP contribution in [0, 0.1) is 6.92 Å². The molecule has 1 amide bonds. The Kier molecular flexibility index (Phi) is 6.83. The van der Waals surface area contributed by atoms with E-state index < -0.39 is 29.5 Å². The standard InChI is InChI=1S/C31H27NO6/c1-3-15-37-31(36)21-13-11-20(12-14-21)18-32-27(23-9-6-7-19(2)16-23)26(29(34)30(32)35)28(33)25-17-22-8-4-5-10-24(22)38-25/h4-14,16-17,27,34H,3,15,18H2,1-2H3. The normalized spacial score (nSPS) is 15.4. The average Bonchev–Trinajstić information content (AvgIpc) is 3.47. The first kappa shape index (κ1) is 25.0.